The van der Waals surface area contributed by atoms with Crippen molar-refractivity contribution in [2.24, 2.45) is 5.41 Å². The maximum absolute atomic E-state index is 11.6. The van der Waals surface area contributed by atoms with E-state index in [1.165, 1.54) is 0 Å². The van der Waals surface area contributed by atoms with Crippen LogP contribution < -0.4 is 10.6 Å². The molecule has 1 fully saturated rings. The predicted octanol–water partition coefficient (Wildman–Crippen LogP) is 1.65. The van der Waals surface area contributed by atoms with Gasteiger partial charge in [-0.05, 0) is 18.3 Å². The fraction of sp³-hybridized carbons (Fsp3) is 0.929. The van der Waals surface area contributed by atoms with Crippen molar-refractivity contribution in [2.75, 3.05) is 39.3 Å². The second kappa shape index (κ2) is 9.56. The Morgan fingerprint density at radius 2 is 1.89 bits per heavy atom. The minimum Gasteiger partial charge on any atom is -0.355 e. The van der Waals surface area contributed by atoms with Gasteiger partial charge in [-0.25, -0.2) is 0 Å². The molecule has 4 nitrogen and oxygen atoms in total. The zero-order chi connectivity index (χ0) is 13.4. The Kier molecular flexibility index (Phi) is 9.40. The molecule has 0 aliphatic carbocycles. The molecule has 0 spiro atoms. The van der Waals surface area contributed by atoms with Gasteiger partial charge in [0.15, 0.2) is 0 Å². The highest BCUT2D eigenvalue weighted by Gasteiger charge is 2.12. The lowest BCUT2D eigenvalue weighted by Gasteiger charge is -2.27. The molecule has 1 heterocycles. The molecule has 0 radical (unpaired) electrons. The molecule has 0 unspecified atom stereocenters. The van der Waals surface area contributed by atoms with Crippen LogP contribution in [0.2, 0.25) is 0 Å². The number of carbonyl (C=O) groups is 1. The Bertz CT molecular complexity index is 248. The van der Waals surface area contributed by atoms with E-state index >= 15 is 0 Å². The Hall–Kier alpha value is -0.320. The highest BCUT2D eigenvalue weighted by atomic mass is 35.5. The van der Waals surface area contributed by atoms with E-state index in [9.17, 15) is 4.79 Å². The second-order valence-corrected chi connectivity index (χ2v) is 6.36. The molecular formula is C14H30ClN3O. The lowest BCUT2D eigenvalue weighted by Crippen LogP contribution is -2.46. The maximum atomic E-state index is 11.6. The number of piperazine rings is 1. The predicted molar refractivity (Wildman–Crippen MR) is 82.9 cm³/mol. The molecule has 0 aromatic carbocycles. The summed E-state index contributed by atoms with van der Waals surface area (Å²) in [6, 6.07) is 0. The van der Waals surface area contributed by atoms with E-state index in [0.717, 1.165) is 52.1 Å². The van der Waals surface area contributed by atoms with Crippen LogP contribution >= 0.6 is 12.4 Å². The van der Waals surface area contributed by atoms with Crippen molar-refractivity contribution in [2.45, 2.75) is 40.0 Å². The average Bonchev–Trinajstić information content (AvgIpc) is 2.28. The highest BCUT2D eigenvalue weighted by molar-refractivity contribution is 5.85. The van der Waals surface area contributed by atoms with Gasteiger partial charge in [0.05, 0.1) is 0 Å². The zero-order valence-corrected chi connectivity index (χ0v) is 13.4. The molecule has 1 aliphatic rings. The Balaban J connectivity index is 0.00000324. The van der Waals surface area contributed by atoms with Crippen LogP contribution in [0.3, 0.4) is 0 Å². The smallest absolute Gasteiger partial charge is 0.220 e. The third-order valence-corrected chi connectivity index (χ3v) is 3.29. The molecule has 1 saturated heterocycles. The largest absolute Gasteiger partial charge is 0.355 e. The number of halogens is 1. The monoisotopic (exact) mass is 291 g/mol. The molecule has 1 rings (SSSR count). The minimum atomic E-state index is 0. The summed E-state index contributed by atoms with van der Waals surface area (Å²) < 4.78 is 0. The quantitative estimate of drug-likeness (QED) is 0.782. The first-order chi connectivity index (χ1) is 8.47. The van der Waals surface area contributed by atoms with Crippen LogP contribution in [-0.4, -0.2) is 50.1 Å². The van der Waals surface area contributed by atoms with Gasteiger partial charge in [0, 0.05) is 45.7 Å². The van der Waals surface area contributed by atoms with Crippen molar-refractivity contribution in [1.29, 1.82) is 0 Å². The van der Waals surface area contributed by atoms with Gasteiger partial charge in [-0.2, -0.15) is 0 Å². The van der Waals surface area contributed by atoms with Gasteiger partial charge in [0.25, 0.3) is 0 Å². The lowest BCUT2D eigenvalue weighted by molar-refractivity contribution is -0.121. The number of nitrogens with zero attached hydrogens (tertiary/aromatic N) is 1. The molecule has 5 heteroatoms. The minimum absolute atomic E-state index is 0. The van der Waals surface area contributed by atoms with Crippen LogP contribution in [0.4, 0.5) is 0 Å². The fourth-order valence-corrected chi connectivity index (χ4v) is 2.16. The summed E-state index contributed by atoms with van der Waals surface area (Å²) in [5.74, 6) is 0.203. The van der Waals surface area contributed by atoms with Crippen molar-refractivity contribution in [3.05, 3.63) is 0 Å². The van der Waals surface area contributed by atoms with Gasteiger partial charge in [0.1, 0.15) is 0 Å². The van der Waals surface area contributed by atoms with Gasteiger partial charge in [-0.15, -0.1) is 12.4 Å². The SMILES string of the molecule is CC(C)(C)CCCC(=O)NCCN1CCNCC1.Cl. The normalized spacial score (nSPS) is 16.8. The number of hydrogen-bond acceptors (Lipinski definition) is 3. The third-order valence-electron chi connectivity index (χ3n) is 3.29. The van der Waals surface area contributed by atoms with E-state index in [-0.39, 0.29) is 18.3 Å². The third kappa shape index (κ3) is 10.2. The number of hydrogen-bond donors (Lipinski definition) is 2. The van der Waals surface area contributed by atoms with Crippen molar-refractivity contribution in [1.82, 2.24) is 15.5 Å². The van der Waals surface area contributed by atoms with Gasteiger partial charge >= 0.3 is 0 Å². The molecule has 2 N–H and O–H groups in total. The first kappa shape index (κ1) is 18.7. The summed E-state index contributed by atoms with van der Waals surface area (Å²) >= 11 is 0. The average molecular weight is 292 g/mol. The van der Waals surface area contributed by atoms with E-state index in [2.05, 4.69) is 36.3 Å². The Labute approximate surface area is 124 Å². The van der Waals surface area contributed by atoms with E-state index < -0.39 is 0 Å². The molecule has 19 heavy (non-hydrogen) atoms. The summed E-state index contributed by atoms with van der Waals surface area (Å²) in [6.45, 7) is 12.7. The van der Waals surface area contributed by atoms with Crippen molar-refractivity contribution >= 4 is 18.3 Å². The molecule has 0 atom stereocenters. The molecule has 0 bridgehead atoms. The van der Waals surface area contributed by atoms with Gasteiger partial charge in [-0.3, -0.25) is 9.69 Å². The number of rotatable bonds is 6. The lowest BCUT2D eigenvalue weighted by atomic mass is 9.90. The standard InChI is InChI=1S/C14H29N3O.ClH/c1-14(2,3)6-4-5-13(18)16-9-12-17-10-7-15-8-11-17;/h15H,4-12H2,1-3H3,(H,16,18);1H. The Morgan fingerprint density at radius 3 is 2.47 bits per heavy atom. The number of nitrogens with one attached hydrogen (secondary N) is 2. The highest BCUT2D eigenvalue weighted by Crippen LogP contribution is 2.21. The van der Waals surface area contributed by atoms with Crippen LogP contribution in [-0.2, 0) is 4.79 Å². The Morgan fingerprint density at radius 1 is 1.26 bits per heavy atom. The van der Waals surface area contributed by atoms with Gasteiger partial charge < -0.3 is 10.6 Å². The zero-order valence-electron chi connectivity index (χ0n) is 12.6. The summed E-state index contributed by atoms with van der Waals surface area (Å²) in [6.07, 6.45) is 2.76. The summed E-state index contributed by atoms with van der Waals surface area (Å²) in [5, 5.41) is 6.34. The number of amides is 1. The molecule has 114 valence electrons. The van der Waals surface area contributed by atoms with Gasteiger partial charge in [0.2, 0.25) is 5.91 Å². The van der Waals surface area contributed by atoms with E-state index in [1.54, 1.807) is 0 Å². The summed E-state index contributed by atoms with van der Waals surface area (Å²) in [5.41, 5.74) is 0.334. The second-order valence-electron chi connectivity index (χ2n) is 6.36. The molecule has 1 amide bonds. The fourth-order valence-electron chi connectivity index (χ4n) is 2.16. The van der Waals surface area contributed by atoms with Gasteiger partial charge in [-0.1, -0.05) is 20.8 Å². The van der Waals surface area contributed by atoms with E-state index in [1.807, 2.05) is 0 Å². The van der Waals surface area contributed by atoms with Crippen molar-refractivity contribution < 1.29 is 4.79 Å². The molecule has 0 aromatic heterocycles. The van der Waals surface area contributed by atoms with Crippen LogP contribution in [0, 0.1) is 5.41 Å². The maximum Gasteiger partial charge on any atom is 0.220 e. The molecule has 0 saturated carbocycles. The summed E-state index contributed by atoms with van der Waals surface area (Å²) in [7, 11) is 0. The van der Waals surface area contributed by atoms with Crippen molar-refractivity contribution in [3.8, 4) is 0 Å². The first-order valence-electron chi connectivity index (χ1n) is 7.17. The van der Waals surface area contributed by atoms with Crippen LogP contribution in [0.1, 0.15) is 40.0 Å². The molecule has 1 aliphatic heterocycles. The van der Waals surface area contributed by atoms with E-state index in [0.29, 0.717) is 11.8 Å². The molecule has 0 aromatic rings. The number of carbonyl (C=O) groups excluding carboxylic acids is 1. The topological polar surface area (TPSA) is 44.4 Å². The molecular weight excluding hydrogens is 262 g/mol. The van der Waals surface area contributed by atoms with Crippen molar-refractivity contribution in [3.63, 3.8) is 0 Å². The van der Waals surface area contributed by atoms with Crippen LogP contribution in [0.5, 0.6) is 0 Å². The summed E-state index contributed by atoms with van der Waals surface area (Å²) in [4.78, 5) is 14.0. The van der Waals surface area contributed by atoms with Crippen LogP contribution in [0.15, 0.2) is 0 Å². The van der Waals surface area contributed by atoms with E-state index in [4.69, 9.17) is 0 Å². The first-order valence-corrected chi connectivity index (χ1v) is 7.17. The van der Waals surface area contributed by atoms with Crippen LogP contribution in [0.25, 0.3) is 0 Å².